The van der Waals surface area contributed by atoms with E-state index in [1.807, 2.05) is 13.8 Å². The first-order valence-electron chi connectivity index (χ1n) is 3.99. The lowest BCUT2D eigenvalue weighted by Gasteiger charge is -2.05. The summed E-state index contributed by atoms with van der Waals surface area (Å²) in [6.45, 7) is 4.08. The highest BCUT2D eigenvalue weighted by atomic mass is 19.3. The molecule has 0 aliphatic carbocycles. The zero-order valence-corrected chi connectivity index (χ0v) is 7.22. The van der Waals surface area contributed by atoms with Crippen molar-refractivity contribution in [2.75, 3.05) is 0 Å². The largest absolute Gasteiger partial charge is 0.263 e. The van der Waals surface area contributed by atoms with E-state index in [0.29, 0.717) is 5.92 Å². The van der Waals surface area contributed by atoms with Crippen molar-refractivity contribution < 1.29 is 8.78 Å². The van der Waals surface area contributed by atoms with Crippen molar-refractivity contribution >= 4 is 0 Å². The lowest BCUT2D eigenvalue weighted by atomic mass is 10.0. The van der Waals surface area contributed by atoms with Crippen molar-refractivity contribution in [2.45, 2.75) is 26.2 Å². The molecule has 0 radical (unpaired) electrons. The molecule has 0 fully saturated rings. The molecule has 1 aromatic carbocycles. The molecule has 0 saturated carbocycles. The van der Waals surface area contributed by atoms with E-state index in [1.54, 1.807) is 12.1 Å². The number of hydrogen-bond donors (Lipinski definition) is 0. The van der Waals surface area contributed by atoms with Crippen molar-refractivity contribution in [3.8, 4) is 0 Å². The van der Waals surface area contributed by atoms with E-state index in [0.717, 1.165) is 5.56 Å². The van der Waals surface area contributed by atoms with Crippen LogP contribution in [0.4, 0.5) is 8.78 Å². The first kappa shape index (κ1) is 9.17. The lowest BCUT2D eigenvalue weighted by molar-refractivity contribution is 0.151. The minimum atomic E-state index is -2.36. The lowest BCUT2D eigenvalue weighted by Crippen LogP contribution is -1.88. The van der Waals surface area contributed by atoms with Gasteiger partial charge in [-0.1, -0.05) is 38.1 Å². The first-order chi connectivity index (χ1) is 5.61. The van der Waals surface area contributed by atoms with Crippen LogP contribution in [0.1, 0.15) is 37.3 Å². The van der Waals surface area contributed by atoms with Gasteiger partial charge < -0.3 is 0 Å². The Labute approximate surface area is 71.2 Å². The molecule has 1 aromatic rings. The molecule has 0 bridgehead atoms. The molecule has 12 heavy (non-hydrogen) atoms. The first-order valence-corrected chi connectivity index (χ1v) is 3.99. The molecule has 0 saturated heterocycles. The SMILES string of the molecule is CC(C)c1ccc(C(F)F)cc1. The molecule has 0 aliphatic heterocycles. The summed E-state index contributed by atoms with van der Waals surface area (Å²) in [6, 6.07) is 6.48. The van der Waals surface area contributed by atoms with E-state index in [1.165, 1.54) is 12.1 Å². The summed E-state index contributed by atoms with van der Waals surface area (Å²) in [6.07, 6.45) is -2.36. The molecule has 1 rings (SSSR count). The topological polar surface area (TPSA) is 0 Å². The van der Waals surface area contributed by atoms with Crippen LogP contribution in [-0.4, -0.2) is 0 Å². The predicted molar refractivity (Wildman–Crippen MR) is 45.5 cm³/mol. The summed E-state index contributed by atoms with van der Waals surface area (Å²) in [5.74, 6) is 0.400. The Morgan fingerprint density at radius 3 is 1.67 bits per heavy atom. The van der Waals surface area contributed by atoms with Crippen molar-refractivity contribution in [3.05, 3.63) is 35.4 Å². The minimum absolute atomic E-state index is 0.0967. The van der Waals surface area contributed by atoms with Crippen LogP contribution < -0.4 is 0 Å². The molecular formula is C10H12F2. The van der Waals surface area contributed by atoms with Crippen LogP contribution in [0, 0.1) is 0 Å². The van der Waals surface area contributed by atoms with Crippen LogP contribution in [-0.2, 0) is 0 Å². The molecule has 66 valence electrons. The zero-order chi connectivity index (χ0) is 9.14. The molecule has 0 nitrogen and oxygen atoms in total. The van der Waals surface area contributed by atoms with E-state index in [4.69, 9.17) is 0 Å². The normalized spacial score (nSPS) is 11.2. The van der Waals surface area contributed by atoms with Crippen LogP contribution in [0.5, 0.6) is 0 Å². The highest BCUT2D eigenvalue weighted by Gasteiger charge is 2.06. The smallest absolute Gasteiger partial charge is 0.205 e. The standard InChI is InChI=1S/C10H12F2/c1-7(2)8-3-5-9(6-4-8)10(11)12/h3-7,10H,1-2H3. The van der Waals surface area contributed by atoms with E-state index >= 15 is 0 Å². The van der Waals surface area contributed by atoms with Crippen molar-refractivity contribution in [2.24, 2.45) is 0 Å². The summed E-state index contributed by atoms with van der Waals surface area (Å²) in [7, 11) is 0. The van der Waals surface area contributed by atoms with Crippen molar-refractivity contribution in [1.29, 1.82) is 0 Å². The fraction of sp³-hybridized carbons (Fsp3) is 0.400. The summed E-state index contributed by atoms with van der Waals surface area (Å²) < 4.78 is 24.2. The molecule has 2 heteroatoms. The molecule has 0 spiro atoms. The maximum atomic E-state index is 12.1. The molecule has 0 amide bonds. The highest BCUT2D eigenvalue weighted by Crippen LogP contribution is 2.21. The molecule has 0 aliphatic rings. The number of halogens is 2. The van der Waals surface area contributed by atoms with Crippen LogP contribution in [0.25, 0.3) is 0 Å². The zero-order valence-electron chi connectivity index (χ0n) is 7.22. The fourth-order valence-corrected chi connectivity index (χ4v) is 1.03. The molecule has 0 heterocycles. The van der Waals surface area contributed by atoms with E-state index in [2.05, 4.69) is 0 Å². The maximum Gasteiger partial charge on any atom is 0.263 e. The van der Waals surface area contributed by atoms with Crippen molar-refractivity contribution in [1.82, 2.24) is 0 Å². The number of alkyl halides is 2. The highest BCUT2D eigenvalue weighted by molar-refractivity contribution is 5.25. The van der Waals surface area contributed by atoms with Gasteiger partial charge in [-0.15, -0.1) is 0 Å². The number of benzene rings is 1. The summed E-state index contributed by atoms with van der Waals surface area (Å²) >= 11 is 0. The number of hydrogen-bond acceptors (Lipinski definition) is 0. The Bertz CT molecular complexity index is 210. The van der Waals surface area contributed by atoms with Gasteiger partial charge in [0, 0.05) is 5.56 Å². The van der Waals surface area contributed by atoms with Gasteiger partial charge >= 0.3 is 0 Å². The van der Waals surface area contributed by atoms with E-state index < -0.39 is 6.43 Å². The molecule has 0 N–H and O–H groups in total. The average Bonchev–Trinajstić information content (AvgIpc) is 2.04. The summed E-state index contributed by atoms with van der Waals surface area (Å²) in [4.78, 5) is 0. The van der Waals surface area contributed by atoms with Gasteiger partial charge in [-0.25, -0.2) is 8.78 Å². The Morgan fingerprint density at radius 1 is 0.917 bits per heavy atom. The molecule has 0 atom stereocenters. The third kappa shape index (κ3) is 2.03. The van der Waals surface area contributed by atoms with E-state index in [-0.39, 0.29) is 5.56 Å². The van der Waals surface area contributed by atoms with Crippen LogP contribution >= 0.6 is 0 Å². The van der Waals surface area contributed by atoms with Crippen LogP contribution in [0.2, 0.25) is 0 Å². The third-order valence-corrected chi connectivity index (χ3v) is 1.86. The van der Waals surface area contributed by atoms with Crippen LogP contribution in [0.15, 0.2) is 24.3 Å². The second kappa shape index (κ2) is 3.65. The van der Waals surface area contributed by atoms with Gasteiger partial charge in [0.1, 0.15) is 0 Å². The van der Waals surface area contributed by atoms with Gasteiger partial charge in [0.25, 0.3) is 6.43 Å². The molecule has 0 unspecified atom stereocenters. The summed E-state index contributed by atoms with van der Waals surface area (Å²) in [5, 5.41) is 0. The van der Waals surface area contributed by atoms with E-state index in [9.17, 15) is 8.78 Å². The van der Waals surface area contributed by atoms with Crippen molar-refractivity contribution in [3.63, 3.8) is 0 Å². The molecule has 0 aromatic heterocycles. The monoisotopic (exact) mass is 170 g/mol. The van der Waals surface area contributed by atoms with Gasteiger partial charge in [-0.2, -0.15) is 0 Å². The minimum Gasteiger partial charge on any atom is -0.205 e. The molecular weight excluding hydrogens is 158 g/mol. The number of rotatable bonds is 2. The van der Waals surface area contributed by atoms with Crippen LogP contribution in [0.3, 0.4) is 0 Å². The van der Waals surface area contributed by atoms with Gasteiger partial charge in [-0.3, -0.25) is 0 Å². The van der Waals surface area contributed by atoms with Gasteiger partial charge in [0.15, 0.2) is 0 Å². The second-order valence-corrected chi connectivity index (χ2v) is 3.12. The fourth-order valence-electron chi connectivity index (χ4n) is 1.03. The predicted octanol–water partition coefficient (Wildman–Crippen LogP) is 3.75. The average molecular weight is 170 g/mol. The second-order valence-electron chi connectivity index (χ2n) is 3.12. The Balaban J connectivity index is 2.86. The quantitative estimate of drug-likeness (QED) is 0.634. The maximum absolute atomic E-state index is 12.1. The van der Waals surface area contributed by atoms with Gasteiger partial charge in [0.05, 0.1) is 0 Å². The Morgan fingerprint density at radius 2 is 1.33 bits per heavy atom. The van der Waals surface area contributed by atoms with Gasteiger partial charge in [-0.05, 0) is 11.5 Å². The third-order valence-electron chi connectivity index (χ3n) is 1.86. The van der Waals surface area contributed by atoms with Gasteiger partial charge in [0.2, 0.25) is 0 Å². The summed E-state index contributed by atoms with van der Waals surface area (Å²) in [5.41, 5.74) is 1.19. The Kier molecular flexibility index (Phi) is 2.79. The Hall–Kier alpha value is -0.920.